The van der Waals surface area contributed by atoms with Gasteiger partial charge in [-0.3, -0.25) is 0 Å². The number of ether oxygens (including phenoxy) is 3. The minimum Gasteiger partial charge on any atom is -0.497 e. The average Bonchev–Trinajstić information content (AvgIpc) is 2.53. The summed E-state index contributed by atoms with van der Waals surface area (Å²) in [5.74, 6) is 1.85. The quantitative estimate of drug-likeness (QED) is 0.764. The molecule has 0 aromatic heterocycles. The number of hydrogen-bond donors (Lipinski definition) is 0. The van der Waals surface area contributed by atoms with Crippen LogP contribution in [0.1, 0.15) is 26.7 Å². The van der Waals surface area contributed by atoms with E-state index in [9.17, 15) is 0 Å². The van der Waals surface area contributed by atoms with E-state index in [1.54, 1.807) is 7.11 Å². The highest BCUT2D eigenvalue weighted by Gasteiger charge is 2.35. The van der Waals surface area contributed by atoms with E-state index in [0.717, 1.165) is 30.1 Å². The summed E-state index contributed by atoms with van der Waals surface area (Å²) in [7, 11) is 1.64. The molecule has 1 atom stereocenters. The third kappa shape index (κ3) is 1.87. The molecule has 1 aromatic rings. The van der Waals surface area contributed by atoms with Gasteiger partial charge in [0.15, 0.2) is 11.5 Å². The van der Waals surface area contributed by atoms with Gasteiger partial charge in [-0.15, -0.1) is 0 Å². The summed E-state index contributed by atoms with van der Waals surface area (Å²) in [5.41, 5.74) is 0. The average molecular weight is 208 g/mol. The van der Waals surface area contributed by atoms with E-state index in [1.165, 1.54) is 0 Å². The molecule has 1 heterocycles. The van der Waals surface area contributed by atoms with Crippen molar-refractivity contribution in [1.82, 2.24) is 0 Å². The third-order valence-electron chi connectivity index (χ3n) is 2.51. The van der Waals surface area contributed by atoms with Gasteiger partial charge < -0.3 is 14.2 Å². The van der Waals surface area contributed by atoms with Crippen LogP contribution in [0.5, 0.6) is 17.2 Å². The van der Waals surface area contributed by atoms with Crippen LogP contribution in [0.25, 0.3) is 0 Å². The zero-order valence-electron chi connectivity index (χ0n) is 9.37. The second-order valence-corrected chi connectivity index (χ2v) is 3.90. The molecule has 2 rings (SSSR count). The molecule has 0 saturated carbocycles. The van der Waals surface area contributed by atoms with Crippen LogP contribution >= 0.6 is 0 Å². The summed E-state index contributed by atoms with van der Waals surface area (Å²) in [6.07, 6.45) is 1.91. The van der Waals surface area contributed by atoms with Crippen molar-refractivity contribution >= 4 is 0 Å². The molecule has 0 N–H and O–H groups in total. The first-order valence-corrected chi connectivity index (χ1v) is 5.23. The fourth-order valence-corrected chi connectivity index (χ4v) is 1.82. The Hall–Kier alpha value is -1.38. The molecule has 3 heteroatoms. The van der Waals surface area contributed by atoms with Gasteiger partial charge in [0.05, 0.1) is 7.11 Å². The van der Waals surface area contributed by atoms with Gasteiger partial charge in [0.1, 0.15) is 5.75 Å². The van der Waals surface area contributed by atoms with Gasteiger partial charge in [-0.25, -0.2) is 0 Å². The van der Waals surface area contributed by atoms with Gasteiger partial charge in [0, 0.05) is 19.4 Å². The van der Waals surface area contributed by atoms with Crippen molar-refractivity contribution in [2.24, 2.45) is 0 Å². The third-order valence-corrected chi connectivity index (χ3v) is 2.51. The minimum atomic E-state index is -0.510. The first-order chi connectivity index (χ1) is 7.17. The molecule has 0 bridgehead atoms. The molecule has 1 aliphatic rings. The van der Waals surface area contributed by atoms with E-state index in [-0.39, 0.29) is 0 Å². The van der Waals surface area contributed by atoms with Crippen molar-refractivity contribution in [2.45, 2.75) is 32.5 Å². The topological polar surface area (TPSA) is 27.7 Å². The normalized spacial score (nSPS) is 22.9. The number of benzene rings is 1. The summed E-state index contributed by atoms with van der Waals surface area (Å²) in [6.45, 7) is 4.07. The van der Waals surface area contributed by atoms with Gasteiger partial charge in [-0.2, -0.15) is 0 Å². The molecule has 0 fully saturated rings. The van der Waals surface area contributed by atoms with Gasteiger partial charge >= 0.3 is 0 Å². The van der Waals surface area contributed by atoms with Gasteiger partial charge in [-0.05, 0) is 18.6 Å². The van der Waals surface area contributed by atoms with Gasteiger partial charge in [0.25, 0.3) is 0 Å². The standard InChI is InChI=1S/C12H16O3/c1-4-7-12(2)14-10-6-5-9(13-3)8-11(10)15-12/h5-6,8H,4,7H2,1-3H3. The molecule has 0 saturated heterocycles. The van der Waals surface area contributed by atoms with Crippen LogP contribution in [0.15, 0.2) is 18.2 Å². The Kier molecular flexibility index (Phi) is 2.47. The summed E-state index contributed by atoms with van der Waals surface area (Å²) < 4.78 is 16.7. The zero-order chi connectivity index (χ0) is 10.9. The Morgan fingerprint density at radius 1 is 1.27 bits per heavy atom. The van der Waals surface area contributed by atoms with Crippen molar-refractivity contribution in [3.8, 4) is 17.2 Å². The number of rotatable bonds is 3. The van der Waals surface area contributed by atoms with E-state index in [0.29, 0.717) is 0 Å². The summed E-state index contributed by atoms with van der Waals surface area (Å²) in [4.78, 5) is 0. The van der Waals surface area contributed by atoms with Crippen LogP contribution in [0, 0.1) is 0 Å². The van der Waals surface area contributed by atoms with Crippen molar-refractivity contribution in [3.05, 3.63) is 18.2 Å². The Bertz CT molecular complexity index is 362. The molecule has 82 valence electrons. The fraction of sp³-hybridized carbons (Fsp3) is 0.500. The molecule has 0 radical (unpaired) electrons. The van der Waals surface area contributed by atoms with Crippen LogP contribution in [0.4, 0.5) is 0 Å². The fourth-order valence-electron chi connectivity index (χ4n) is 1.82. The van der Waals surface area contributed by atoms with Gasteiger partial charge in [0.2, 0.25) is 5.79 Å². The SMILES string of the molecule is CCCC1(C)Oc2ccc(OC)cc2O1. The van der Waals surface area contributed by atoms with E-state index < -0.39 is 5.79 Å². The Morgan fingerprint density at radius 2 is 2.00 bits per heavy atom. The van der Waals surface area contributed by atoms with Crippen molar-refractivity contribution in [2.75, 3.05) is 7.11 Å². The van der Waals surface area contributed by atoms with Crippen LogP contribution in [0.2, 0.25) is 0 Å². The first kappa shape index (κ1) is 10.1. The second kappa shape index (κ2) is 3.65. The highest BCUT2D eigenvalue weighted by molar-refractivity contribution is 5.48. The smallest absolute Gasteiger partial charge is 0.248 e. The van der Waals surface area contributed by atoms with Crippen molar-refractivity contribution < 1.29 is 14.2 Å². The molecule has 0 aliphatic carbocycles. The predicted molar refractivity (Wildman–Crippen MR) is 57.6 cm³/mol. The molecule has 1 unspecified atom stereocenters. The van der Waals surface area contributed by atoms with Crippen LogP contribution in [-0.2, 0) is 0 Å². The molecule has 0 amide bonds. The van der Waals surface area contributed by atoms with Crippen LogP contribution in [0.3, 0.4) is 0 Å². The van der Waals surface area contributed by atoms with Crippen LogP contribution < -0.4 is 14.2 Å². The maximum atomic E-state index is 5.78. The molecule has 0 spiro atoms. The van der Waals surface area contributed by atoms with Gasteiger partial charge in [-0.1, -0.05) is 6.92 Å². The Morgan fingerprint density at radius 3 is 2.67 bits per heavy atom. The molecule has 1 aromatic carbocycles. The first-order valence-electron chi connectivity index (χ1n) is 5.23. The van der Waals surface area contributed by atoms with Crippen LogP contribution in [-0.4, -0.2) is 12.9 Å². The molecule has 1 aliphatic heterocycles. The maximum absolute atomic E-state index is 5.78. The van der Waals surface area contributed by atoms with E-state index >= 15 is 0 Å². The molecule has 15 heavy (non-hydrogen) atoms. The number of fused-ring (bicyclic) bond motifs is 1. The highest BCUT2D eigenvalue weighted by Crippen LogP contribution is 2.42. The molecule has 3 nitrogen and oxygen atoms in total. The monoisotopic (exact) mass is 208 g/mol. The molecular weight excluding hydrogens is 192 g/mol. The Labute approximate surface area is 90.0 Å². The zero-order valence-corrected chi connectivity index (χ0v) is 9.37. The van der Waals surface area contributed by atoms with Crippen molar-refractivity contribution in [3.63, 3.8) is 0 Å². The Balaban J connectivity index is 2.23. The number of methoxy groups -OCH3 is 1. The lowest BCUT2D eigenvalue weighted by molar-refractivity contribution is -0.0684. The highest BCUT2D eigenvalue weighted by atomic mass is 16.7. The maximum Gasteiger partial charge on any atom is 0.248 e. The number of hydrogen-bond acceptors (Lipinski definition) is 3. The second-order valence-electron chi connectivity index (χ2n) is 3.90. The minimum absolute atomic E-state index is 0.510. The lowest BCUT2D eigenvalue weighted by Crippen LogP contribution is -2.34. The summed E-state index contributed by atoms with van der Waals surface area (Å²) in [5, 5.41) is 0. The molecular formula is C12H16O3. The lowest BCUT2D eigenvalue weighted by Gasteiger charge is -2.21. The predicted octanol–water partition coefficient (Wildman–Crippen LogP) is 2.98. The summed E-state index contributed by atoms with van der Waals surface area (Å²) >= 11 is 0. The van der Waals surface area contributed by atoms with Crippen molar-refractivity contribution in [1.29, 1.82) is 0 Å². The summed E-state index contributed by atoms with van der Waals surface area (Å²) in [6, 6.07) is 5.62. The van der Waals surface area contributed by atoms with E-state index in [2.05, 4.69) is 6.92 Å². The van der Waals surface area contributed by atoms with E-state index in [1.807, 2.05) is 25.1 Å². The lowest BCUT2D eigenvalue weighted by atomic mass is 10.2. The largest absolute Gasteiger partial charge is 0.497 e. The van der Waals surface area contributed by atoms with E-state index in [4.69, 9.17) is 14.2 Å².